The fourth-order valence-corrected chi connectivity index (χ4v) is 3.87. The topological polar surface area (TPSA) is 97.3 Å². The highest BCUT2D eigenvalue weighted by Gasteiger charge is 2.37. The summed E-state index contributed by atoms with van der Waals surface area (Å²) >= 11 is 0. The van der Waals surface area contributed by atoms with Crippen LogP contribution in [0.1, 0.15) is 28.4 Å². The number of amides is 1. The van der Waals surface area contributed by atoms with E-state index in [2.05, 4.69) is 20.7 Å². The summed E-state index contributed by atoms with van der Waals surface area (Å²) in [6, 6.07) is 2.29. The van der Waals surface area contributed by atoms with Crippen LogP contribution in [-0.2, 0) is 12.6 Å². The first kappa shape index (κ1) is 21.9. The van der Waals surface area contributed by atoms with E-state index in [1.807, 2.05) is 0 Å². The quantitative estimate of drug-likeness (QED) is 0.527. The molecule has 0 radical (unpaired) electrons. The smallest absolute Gasteiger partial charge is 0.382 e. The molecular weight excluding hydrogens is 435 g/mol. The zero-order valence-electron chi connectivity index (χ0n) is 16.8. The average Bonchev–Trinajstić information content (AvgIpc) is 3.32. The Hall–Kier alpha value is -3.28. The van der Waals surface area contributed by atoms with Gasteiger partial charge in [0.2, 0.25) is 0 Å². The number of nitrogen functional groups attached to an aromatic ring is 1. The Bertz CT molecular complexity index is 1190. The molecule has 0 bridgehead atoms. The number of alkyl halides is 4. The summed E-state index contributed by atoms with van der Waals surface area (Å²) in [6.07, 6.45) is -4.95. The molecule has 1 amide bonds. The summed E-state index contributed by atoms with van der Waals surface area (Å²) in [5.41, 5.74) is 3.93. The molecule has 4 rings (SSSR count). The van der Waals surface area contributed by atoms with E-state index in [9.17, 15) is 26.7 Å². The molecule has 1 saturated heterocycles. The predicted octanol–water partition coefficient (Wildman–Crippen LogP) is 2.74. The van der Waals surface area contributed by atoms with E-state index in [0.717, 1.165) is 23.0 Å². The van der Waals surface area contributed by atoms with Crippen LogP contribution in [0.3, 0.4) is 0 Å². The second-order valence-corrected chi connectivity index (χ2v) is 7.44. The van der Waals surface area contributed by atoms with E-state index < -0.39 is 47.0 Å². The molecule has 32 heavy (non-hydrogen) atoms. The van der Waals surface area contributed by atoms with Crippen molar-refractivity contribution in [2.24, 2.45) is 0 Å². The Morgan fingerprint density at radius 1 is 1.31 bits per heavy atom. The van der Waals surface area contributed by atoms with E-state index in [4.69, 9.17) is 5.73 Å². The van der Waals surface area contributed by atoms with Crippen LogP contribution in [0, 0.1) is 5.82 Å². The summed E-state index contributed by atoms with van der Waals surface area (Å²) in [7, 11) is 0. The van der Waals surface area contributed by atoms with Crippen molar-refractivity contribution in [3.8, 4) is 11.3 Å². The zero-order chi connectivity index (χ0) is 23.2. The van der Waals surface area contributed by atoms with Gasteiger partial charge in [-0.05, 0) is 24.6 Å². The molecule has 4 N–H and O–H groups in total. The molecule has 2 aromatic heterocycles. The SMILES string of the molecule is CCc1c(F)cc(-c2cc(C(F)(F)F)c3c(N)ncnn23)cc1C(=O)N[C@@H]1CNC[C@@H]1F. The van der Waals surface area contributed by atoms with Crippen LogP contribution in [0.15, 0.2) is 24.5 Å². The van der Waals surface area contributed by atoms with E-state index in [0.29, 0.717) is 0 Å². The van der Waals surface area contributed by atoms with Crippen molar-refractivity contribution in [2.45, 2.75) is 31.7 Å². The molecule has 2 atom stereocenters. The third-order valence-corrected chi connectivity index (χ3v) is 5.43. The maximum atomic E-state index is 14.9. The Morgan fingerprint density at radius 2 is 2.06 bits per heavy atom. The number of aromatic nitrogens is 3. The van der Waals surface area contributed by atoms with Crippen LogP contribution in [-0.4, -0.2) is 45.8 Å². The molecule has 3 aromatic rings. The predicted molar refractivity (Wildman–Crippen MR) is 106 cm³/mol. The normalized spacial score (nSPS) is 18.9. The maximum Gasteiger partial charge on any atom is 0.418 e. The van der Waals surface area contributed by atoms with Crippen molar-refractivity contribution in [3.05, 3.63) is 47.0 Å². The first-order valence-corrected chi connectivity index (χ1v) is 9.79. The summed E-state index contributed by atoms with van der Waals surface area (Å²) < 4.78 is 70.5. The van der Waals surface area contributed by atoms with Gasteiger partial charge in [0.15, 0.2) is 5.82 Å². The van der Waals surface area contributed by atoms with Gasteiger partial charge in [-0.2, -0.15) is 18.3 Å². The molecule has 1 aliphatic heterocycles. The lowest BCUT2D eigenvalue weighted by molar-refractivity contribution is -0.136. The highest BCUT2D eigenvalue weighted by Crippen LogP contribution is 2.39. The molecule has 170 valence electrons. The number of carbonyl (C=O) groups excluding carboxylic acids is 1. The Labute approximate surface area is 178 Å². The largest absolute Gasteiger partial charge is 0.418 e. The first-order chi connectivity index (χ1) is 15.1. The number of hydrogen-bond donors (Lipinski definition) is 3. The van der Waals surface area contributed by atoms with Crippen molar-refractivity contribution in [3.63, 3.8) is 0 Å². The summed E-state index contributed by atoms with van der Waals surface area (Å²) in [4.78, 5) is 16.4. The van der Waals surface area contributed by atoms with Crippen LogP contribution in [0.4, 0.5) is 27.8 Å². The maximum absolute atomic E-state index is 14.9. The minimum Gasteiger partial charge on any atom is -0.382 e. The Kier molecular flexibility index (Phi) is 5.49. The van der Waals surface area contributed by atoms with E-state index >= 15 is 0 Å². The molecule has 0 spiro atoms. The number of nitrogens with zero attached hydrogens (tertiary/aromatic N) is 3. The van der Waals surface area contributed by atoms with E-state index in [1.165, 1.54) is 6.07 Å². The van der Waals surface area contributed by atoms with Crippen LogP contribution >= 0.6 is 0 Å². The number of carbonyl (C=O) groups is 1. The fourth-order valence-electron chi connectivity index (χ4n) is 3.87. The number of halogens is 5. The number of rotatable bonds is 4. The number of fused-ring (bicyclic) bond motifs is 1. The Morgan fingerprint density at radius 3 is 2.69 bits per heavy atom. The van der Waals surface area contributed by atoms with E-state index in [-0.39, 0.29) is 41.9 Å². The van der Waals surface area contributed by atoms with Crippen LogP contribution in [0.2, 0.25) is 0 Å². The lowest BCUT2D eigenvalue weighted by Gasteiger charge is -2.17. The minimum atomic E-state index is -4.77. The molecule has 0 saturated carbocycles. The average molecular weight is 454 g/mol. The minimum absolute atomic E-state index is 0.0187. The molecule has 1 aromatic carbocycles. The monoisotopic (exact) mass is 454 g/mol. The molecule has 1 fully saturated rings. The van der Waals surface area contributed by atoms with Gasteiger partial charge in [0.25, 0.3) is 5.91 Å². The molecule has 0 aliphatic carbocycles. The van der Waals surface area contributed by atoms with Gasteiger partial charge in [-0.15, -0.1) is 0 Å². The van der Waals surface area contributed by atoms with Gasteiger partial charge in [0.1, 0.15) is 23.8 Å². The van der Waals surface area contributed by atoms with E-state index in [1.54, 1.807) is 6.92 Å². The van der Waals surface area contributed by atoms with Gasteiger partial charge in [-0.25, -0.2) is 18.3 Å². The van der Waals surface area contributed by atoms with Gasteiger partial charge in [0.05, 0.1) is 17.3 Å². The van der Waals surface area contributed by atoms with Crippen molar-refractivity contribution in [1.82, 2.24) is 25.2 Å². The van der Waals surface area contributed by atoms with Gasteiger partial charge >= 0.3 is 6.18 Å². The van der Waals surface area contributed by atoms with Crippen molar-refractivity contribution < 1.29 is 26.7 Å². The molecule has 3 heterocycles. The third kappa shape index (κ3) is 3.74. The van der Waals surface area contributed by atoms with Crippen molar-refractivity contribution >= 4 is 17.2 Å². The lowest BCUT2D eigenvalue weighted by atomic mass is 9.98. The van der Waals surface area contributed by atoms with Crippen molar-refractivity contribution in [1.29, 1.82) is 0 Å². The van der Waals surface area contributed by atoms with Gasteiger partial charge in [-0.3, -0.25) is 4.79 Å². The lowest BCUT2D eigenvalue weighted by Crippen LogP contribution is -2.41. The first-order valence-electron chi connectivity index (χ1n) is 9.79. The molecule has 7 nitrogen and oxygen atoms in total. The number of nitrogens with two attached hydrogens (primary N) is 1. The number of hydrogen-bond acceptors (Lipinski definition) is 5. The molecule has 0 unspecified atom stereocenters. The summed E-state index contributed by atoms with van der Waals surface area (Å²) in [5, 5.41) is 9.16. The number of anilines is 1. The number of benzene rings is 1. The fraction of sp³-hybridized carbons (Fsp3) is 0.350. The second-order valence-electron chi connectivity index (χ2n) is 7.44. The zero-order valence-corrected chi connectivity index (χ0v) is 16.8. The molecule has 1 aliphatic rings. The summed E-state index contributed by atoms with van der Waals surface area (Å²) in [5.74, 6) is -1.89. The summed E-state index contributed by atoms with van der Waals surface area (Å²) in [6.45, 7) is 1.93. The van der Waals surface area contributed by atoms with Crippen LogP contribution in [0.5, 0.6) is 0 Å². The highest BCUT2D eigenvalue weighted by atomic mass is 19.4. The van der Waals surface area contributed by atoms with Gasteiger partial charge in [-0.1, -0.05) is 6.92 Å². The van der Waals surface area contributed by atoms with Gasteiger partial charge < -0.3 is 16.4 Å². The second kappa shape index (κ2) is 8.01. The third-order valence-electron chi connectivity index (χ3n) is 5.43. The standard InChI is InChI=1S/C20H19F5N6O/c1-2-10-11(19(32)30-15-7-27-6-14(15)22)3-9(4-13(10)21)16-5-12(20(23,24)25)17-18(26)28-8-29-31(16)17/h3-5,8,14-15,27H,2,6-7H2,1H3,(H,30,32)(H2,26,28,29)/t14-,15+/m0/s1. The molecule has 12 heteroatoms. The van der Waals surface area contributed by atoms with Gasteiger partial charge in [0, 0.05) is 29.8 Å². The van der Waals surface area contributed by atoms with Crippen LogP contribution in [0.25, 0.3) is 16.8 Å². The Balaban J connectivity index is 1.86. The van der Waals surface area contributed by atoms with Crippen LogP contribution < -0.4 is 16.4 Å². The molecular formula is C20H19F5N6O. The number of nitrogens with one attached hydrogen (secondary N) is 2. The highest BCUT2D eigenvalue weighted by molar-refractivity contribution is 5.97. The van der Waals surface area contributed by atoms with Crippen molar-refractivity contribution in [2.75, 3.05) is 18.8 Å².